The van der Waals surface area contributed by atoms with Gasteiger partial charge in [-0.15, -0.1) is 0 Å². The van der Waals surface area contributed by atoms with Gasteiger partial charge in [0, 0.05) is 30.9 Å². The lowest BCUT2D eigenvalue weighted by Gasteiger charge is -2.28. The Kier molecular flexibility index (Phi) is 5.16. The van der Waals surface area contributed by atoms with E-state index >= 15 is 0 Å². The van der Waals surface area contributed by atoms with Gasteiger partial charge in [0.05, 0.1) is 11.8 Å². The summed E-state index contributed by atoms with van der Waals surface area (Å²) < 4.78 is 1.93. The lowest BCUT2D eigenvalue weighted by Crippen LogP contribution is -2.38. The summed E-state index contributed by atoms with van der Waals surface area (Å²) in [5.74, 6) is 0. The van der Waals surface area contributed by atoms with Gasteiger partial charge in [-0.05, 0) is 25.7 Å². The van der Waals surface area contributed by atoms with Gasteiger partial charge >= 0.3 is 0 Å². The number of rotatable bonds is 5. The normalized spacial score (nSPS) is 15.6. The van der Waals surface area contributed by atoms with E-state index in [1.807, 2.05) is 18.7 Å². The van der Waals surface area contributed by atoms with Crippen molar-refractivity contribution < 1.29 is 5.11 Å². The maximum Gasteiger partial charge on any atom is 0.0712 e. The van der Waals surface area contributed by atoms with Crippen LogP contribution in [0.4, 0.5) is 0 Å². The first kappa shape index (κ1) is 16.2. The molecule has 0 aromatic carbocycles. The Balaban J connectivity index is 2.79. The van der Waals surface area contributed by atoms with E-state index in [9.17, 15) is 5.11 Å². The Hall–Kier alpha value is -0.870. The molecular formula is C15H29N3O. The molecule has 0 aliphatic carbocycles. The number of aromatic nitrogens is 2. The van der Waals surface area contributed by atoms with Gasteiger partial charge in [-0.1, -0.05) is 27.7 Å². The third-order valence-electron chi connectivity index (χ3n) is 3.88. The van der Waals surface area contributed by atoms with Gasteiger partial charge < -0.3 is 10.4 Å². The number of hydrogen-bond acceptors (Lipinski definition) is 3. The number of aliphatic hydroxyl groups excluding tert-OH is 1. The highest BCUT2D eigenvalue weighted by Gasteiger charge is 2.24. The van der Waals surface area contributed by atoms with Gasteiger partial charge in [0.2, 0.25) is 0 Å². The molecule has 4 nitrogen and oxygen atoms in total. The Labute approximate surface area is 117 Å². The molecule has 0 bridgehead atoms. The summed E-state index contributed by atoms with van der Waals surface area (Å²) in [5, 5.41) is 18.1. The minimum absolute atomic E-state index is 0.0929. The standard InChI is InChI=1S/C15H29N3O/c1-8-12(16-9-13(19)15(4,5)6)14-10(2)17-18(7)11(14)3/h12-13,16,19H,8-9H2,1-7H3. The van der Waals surface area contributed by atoms with Crippen LogP contribution in [0, 0.1) is 19.3 Å². The van der Waals surface area contributed by atoms with Crippen molar-refractivity contribution in [2.45, 2.75) is 60.1 Å². The van der Waals surface area contributed by atoms with E-state index in [0.717, 1.165) is 12.1 Å². The summed E-state index contributed by atoms with van der Waals surface area (Å²) >= 11 is 0. The average Bonchev–Trinajstić information content (AvgIpc) is 2.54. The fourth-order valence-electron chi connectivity index (χ4n) is 2.30. The van der Waals surface area contributed by atoms with Crippen LogP contribution in [-0.4, -0.2) is 27.5 Å². The van der Waals surface area contributed by atoms with Crippen molar-refractivity contribution in [3.05, 3.63) is 17.0 Å². The number of nitrogens with one attached hydrogen (secondary N) is 1. The van der Waals surface area contributed by atoms with E-state index in [1.165, 1.54) is 11.3 Å². The average molecular weight is 267 g/mol. The Bertz CT molecular complexity index is 418. The molecule has 2 unspecified atom stereocenters. The van der Waals surface area contributed by atoms with Gasteiger partial charge in [-0.2, -0.15) is 5.10 Å². The van der Waals surface area contributed by atoms with Crippen molar-refractivity contribution in [1.29, 1.82) is 0 Å². The topological polar surface area (TPSA) is 50.1 Å². The van der Waals surface area contributed by atoms with Crippen molar-refractivity contribution >= 4 is 0 Å². The van der Waals surface area contributed by atoms with Crippen LogP contribution in [0.2, 0.25) is 0 Å². The minimum atomic E-state index is -0.348. The Morgan fingerprint density at radius 3 is 2.26 bits per heavy atom. The molecule has 1 rings (SSSR count). The number of hydrogen-bond donors (Lipinski definition) is 2. The van der Waals surface area contributed by atoms with Crippen molar-refractivity contribution in [2.24, 2.45) is 12.5 Å². The summed E-state index contributed by atoms with van der Waals surface area (Å²) in [6.45, 7) is 13.1. The van der Waals surface area contributed by atoms with Crippen molar-refractivity contribution in [3.8, 4) is 0 Å². The van der Waals surface area contributed by atoms with Crippen LogP contribution < -0.4 is 5.32 Å². The zero-order chi connectivity index (χ0) is 14.8. The summed E-state index contributed by atoms with van der Waals surface area (Å²) in [6.07, 6.45) is 0.642. The number of aryl methyl sites for hydroxylation is 2. The largest absolute Gasteiger partial charge is 0.391 e. The molecule has 0 radical (unpaired) electrons. The van der Waals surface area contributed by atoms with Crippen molar-refractivity contribution in [3.63, 3.8) is 0 Å². The summed E-state index contributed by atoms with van der Waals surface area (Å²) in [4.78, 5) is 0. The molecule has 2 N–H and O–H groups in total. The maximum absolute atomic E-state index is 10.1. The quantitative estimate of drug-likeness (QED) is 0.861. The lowest BCUT2D eigenvalue weighted by molar-refractivity contribution is 0.0602. The Morgan fingerprint density at radius 1 is 1.32 bits per heavy atom. The zero-order valence-electron chi connectivity index (χ0n) is 13.4. The molecule has 0 spiro atoms. The van der Waals surface area contributed by atoms with Gasteiger partial charge in [0.1, 0.15) is 0 Å². The highest BCUT2D eigenvalue weighted by molar-refractivity contribution is 5.28. The molecule has 0 aliphatic rings. The first-order valence-corrected chi connectivity index (χ1v) is 7.10. The van der Waals surface area contributed by atoms with E-state index in [2.05, 4.69) is 45.0 Å². The van der Waals surface area contributed by atoms with Crippen LogP contribution in [0.1, 0.15) is 57.1 Å². The van der Waals surface area contributed by atoms with Crippen LogP contribution in [0.3, 0.4) is 0 Å². The highest BCUT2D eigenvalue weighted by atomic mass is 16.3. The zero-order valence-corrected chi connectivity index (χ0v) is 13.4. The van der Waals surface area contributed by atoms with E-state index in [0.29, 0.717) is 6.54 Å². The third-order valence-corrected chi connectivity index (χ3v) is 3.88. The van der Waals surface area contributed by atoms with Crippen LogP contribution in [0.15, 0.2) is 0 Å². The molecule has 19 heavy (non-hydrogen) atoms. The number of nitrogens with zero attached hydrogens (tertiary/aromatic N) is 2. The first-order chi connectivity index (χ1) is 8.68. The Morgan fingerprint density at radius 2 is 1.89 bits per heavy atom. The molecule has 1 aromatic rings. The van der Waals surface area contributed by atoms with Crippen LogP contribution >= 0.6 is 0 Å². The second-order valence-electron chi connectivity index (χ2n) is 6.46. The molecule has 0 saturated carbocycles. The van der Waals surface area contributed by atoms with Crippen molar-refractivity contribution in [1.82, 2.24) is 15.1 Å². The summed E-state index contributed by atoms with van der Waals surface area (Å²) in [5.41, 5.74) is 3.45. The fourth-order valence-corrected chi connectivity index (χ4v) is 2.30. The molecule has 1 aromatic heterocycles. The fraction of sp³-hybridized carbons (Fsp3) is 0.800. The van der Waals surface area contributed by atoms with Crippen LogP contribution in [0.25, 0.3) is 0 Å². The molecule has 0 amide bonds. The molecule has 4 heteroatoms. The van der Waals surface area contributed by atoms with Gasteiger partial charge in [0.15, 0.2) is 0 Å². The monoisotopic (exact) mass is 267 g/mol. The molecule has 110 valence electrons. The third kappa shape index (κ3) is 3.80. The molecule has 0 aliphatic heterocycles. The second kappa shape index (κ2) is 6.06. The lowest BCUT2D eigenvalue weighted by atomic mass is 9.89. The van der Waals surface area contributed by atoms with Gasteiger partial charge in [0.25, 0.3) is 0 Å². The van der Waals surface area contributed by atoms with Crippen LogP contribution in [-0.2, 0) is 7.05 Å². The summed E-state index contributed by atoms with van der Waals surface area (Å²) in [7, 11) is 1.97. The first-order valence-electron chi connectivity index (χ1n) is 7.10. The van der Waals surface area contributed by atoms with E-state index < -0.39 is 0 Å². The SMILES string of the molecule is CCC(NCC(O)C(C)(C)C)c1c(C)nn(C)c1C. The van der Waals surface area contributed by atoms with Crippen molar-refractivity contribution in [2.75, 3.05) is 6.54 Å². The highest BCUT2D eigenvalue weighted by Crippen LogP contribution is 2.25. The number of aliphatic hydroxyl groups is 1. The van der Waals surface area contributed by atoms with E-state index in [-0.39, 0.29) is 17.6 Å². The maximum atomic E-state index is 10.1. The van der Waals surface area contributed by atoms with Crippen LogP contribution in [0.5, 0.6) is 0 Å². The minimum Gasteiger partial charge on any atom is -0.391 e. The molecule has 2 atom stereocenters. The predicted octanol–water partition coefficient (Wildman–Crippen LogP) is 2.48. The molecule has 1 heterocycles. The molecular weight excluding hydrogens is 238 g/mol. The van der Waals surface area contributed by atoms with E-state index in [4.69, 9.17) is 0 Å². The van der Waals surface area contributed by atoms with Gasteiger partial charge in [-0.25, -0.2) is 0 Å². The smallest absolute Gasteiger partial charge is 0.0712 e. The van der Waals surface area contributed by atoms with Gasteiger partial charge in [-0.3, -0.25) is 4.68 Å². The molecule has 0 saturated heterocycles. The predicted molar refractivity (Wildman–Crippen MR) is 79.2 cm³/mol. The second-order valence-corrected chi connectivity index (χ2v) is 6.46. The van der Waals surface area contributed by atoms with E-state index in [1.54, 1.807) is 0 Å². The molecule has 0 fully saturated rings. The summed E-state index contributed by atoms with van der Waals surface area (Å²) in [6, 6.07) is 0.255.